The van der Waals surface area contributed by atoms with E-state index in [2.05, 4.69) is 27.2 Å². The molecule has 0 saturated carbocycles. The predicted octanol–water partition coefficient (Wildman–Crippen LogP) is 3.29. The maximum absolute atomic E-state index is 11.5. The van der Waals surface area contributed by atoms with E-state index >= 15 is 0 Å². The van der Waals surface area contributed by atoms with Gasteiger partial charge in [-0.15, -0.1) is 11.8 Å². The molecule has 2 unspecified atom stereocenters. The fourth-order valence-corrected chi connectivity index (χ4v) is 4.79. The van der Waals surface area contributed by atoms with Gasteiger partial charge >= 0.3 is 5.97 Å². The van der Waals surface area contributed by atoms with E-state index in [1.54, 1.807) is 18.9 Å². The molecule has 0 amide bonds. The molecule has 1 aromatic carbocycles. The van der Waals surface area contributed by atoms with Gasteiger partial charge in [0, 0.05) is 6.20 Å². The maximum atomic E-state index is 11.5. The van der Waals surface area contributed by atoms with E-state index in [9.17, 15) is 4.79 Å². The molecule has 0 aliphatic carbocycles. The van der Waals surface area contributed by atoms with Crippen molar-refractivity contribution in [1.82, 2.24) is 4.90 Å². The molecule has 0 aromatic heterocycles. The van der Waals surface area contributed by atoms with Gasteiger partial charge < -0.3 is 19.1 Å². The number of benzene rings is 1. The average molecular weight is 369 g/mol. The van der Waals surface area contributed by atoms with Gasteiger partial charge in [0.2, 0.25) is 0 Å². The third kappa shape index (κ3) is 2.70. The molecule has 2 atom stereocenters. The summed E-state index contributed by atoms with van der Waals surface area (Å²) in [5.41, 5.74) is 3.33. The van der Waals surface area contributed by atoms with Crippen LogP contribution in [0, 0.1) is 0 Å². The van der Waals surface area contributed by atoms with Crippen molar-refractivity contribution in [2.24, 2.45) is 0 Å². The fraction of sp³-hybridized carbons (Fsp3) is 0.250. The third-order valence-corrected chi connectivity index (χ3v) is 5.78. The first kappa shape index (κ1) is 16.8. The first-order valence-electron chi connectivity index (χ1n) is 8.30. The lowest BCUT2D eigenvalue weighted by molar-refractivity contribution is -0.144. The first-order valence-corrected chi connectivity index (χ1v) is 9.24. The van der Waals surface area contributed by atoms with Crippen LogP contribution in [0.3, 0.4) is 0 Å². The van der Waals surface area contributed by atoms with Gasteiger partial charge in [0.15, 0.2) is 6.61 Å². The standard InChI is InChI=1S/C20H19NO4S/c1-23-16(22)11-25-15-9-6-10-21-17-14(13-7-4-3-5-8-13)12-26-20(17)19(24-2)18(15)21/h3-10,12,17,20H,11H2,1-2H3. The zero-order valence-electron chi connectivity index (χ0n) is 14.5. The van der Waals surface area contributed by atoms with Gasteiger partial charge in [-0.25, -0.2) is 4.79 Å². The van der Waals surface area contributed by atoms with Crippen LogP contribution in [-0.2, 0) is 19.0 Å². The number of esters is 1. The van der Waals surface area contributed by atoms with Gasteiger partial charge in [-0.1, -0.05) is 30.3 Å². The molecule has 5 nitrogen and oxygen atoms in total. The normalized spacial score (nSPS) is 23.2. The Morgan fingerprint density at radius 3 is 2.77 bits per heavy atom. The second-order valence-electron chi connectivity index (χ2n) is 6.00. The van der Waals surface area contributed by atoms with Crippen molar-refractivity contribution in [3.63, 3.8) is 0 Å². The number of hydrogen-bond donors (Lipinski definition) is 0. The van der Waals surface area contributed by atoms with Crippen LogP contribution in [0.2, 0.25) is 0 Å². The lowest BCUT2D eigenvalue weighted by atomic mass is 9.98. The molecule has 26 heavy (non-hydrogen) atoms. The van der Waals surface area contributed by atoms with Crippen molar-refractivity contribution in [2.45, 2.75) is 11.3 Å². The highest BCUT2D eigenvalue weighted by atomic mass is 32.2. The van der Waals surface area contributed by atoms with E-state index in [1.165, 1.54) is 18.2 Å². The van der Waals surface area contributed by atoms with Crippen LogP contribution in [0.15, 0.2) is 71.3 Å². The van der Waals surface area contributed by atoms with Gasteiger partial charge in [-0.2, -0.15) is 0 Å². The Balaban J connectivity index is 1.65. The maximum Gasteiger partial charge on any atom is 0.343 e. The summed E-state index contributed by atoms with van der Waals surface area (Å²) in [7, 11) is 3.03. The molecular weight excluding hydrogens is 350 g/mol. The molecule has 0 fully saturated rings. The number of ether oxygens (including phenoxy) is 3. The molecule has 3 aliphatic heterocycles. The Morgan fingerprint density at radius 1 is 1.23 bits per heavy atom. The smallest absolute Gasteiger partial charge is 0.343 e. The number of allylic oxidation sites excluding steroid dienone is 2. The van der Waals surface area contributed by atoms with Crippen LogP contribution in [0.1, 0.15) is 5.56 Å². The molecule has 4 rings (SSSR count). The summed E-state index contributed by atoms with van der Waals surface area (Å²) in [5.74, 6) is 1.07. The number of fused-ring (bicyclic) bond motifs is 3. The summed E-state index contributed by atoms with van der Waals surface area (Å²) >= 11 is 1.75. The van der Waals surface area contributed by atoms with Crippen LogP contribution in [0.4, 0.5) is 0 Å². The number of rotatable bonds is 5. The summed E-state index contributed by atoms with van der Waals surface area (Å²) in [6.07, 6.45) is 5.81. The summed E-state index contributed by atoms with van der Waals surface area (Å²) in [6, 6.07) is 10.5. The second kappa shape index (κ2) is 6.96. The quantitative estimate of drug-likeness (QED) is 0.743. The van der Waals surface area contributed by atoms with Crippen LogP contribution in [-0.4, -0.2) is 43.0 Å². The summed E-state index contributed by atoms with van der Waals surface area (Å²) in [5, 5.41) is 2.36. The zero-order chi connectivity index (χ0) is 18.1. The summed E-state index contributed by atoms with van der Waals surface area (Å²) in [4.78, 5) is 13.6. The first-order chi connectivity index (χ1) is 12.7. The minimum atomic E-state index is -0.413. The van der Waals surface area contributed by atoms with Gasteiger partial charge in [0.25, 0.3) is 0 Å². The van der Waals surface area contributed by atoms with E-state index in [-0.39, 0.29) is 17.9 Å². The number of methoxy groups -OCH3 is 2. The number of thioether (sulfide) groups is 1. The van der Waals surface area contributed by atoms with Crippen LogP contribution >= 0.6 is 11.8 Å². The molecule has 3 heterocycles. The molecule has 3 aliphatic rings. The Kier molecular flexibility index (Phi) is 4.51. The summed E-state index contributed by atoms with van der Waals surface area (Å²) in [6.45, 7) is -0.131. The summed E-state index contributed by atoms with van der Waals surface area (Å²) < 4.78 is 16.1. The Labute approximate surface area is 156 Å². The van der Waals surface area contributed by atoms with Gasteiger partial charge in [-0.3, -0.25) is 0 Å². The minimum Gasteiger partial charge on any atom is -0.497 e. The van der Waals surface area contributed by atoms with Crippen molar-refractivity contribution < 1.29 is 19.0 Å². The molecule has 0 saturated heterocycles. The minimum absolute atomic E-state index is 0.131. The van der Waals surface area contributed by atoms with Crippen molar-refractivity contribution >= 4 is 23.3 Å². The number of nitrogens with zero attached hydrogens (tertiary/aromatic N) is 1. The predicted molar refractivity (Wildman–Crippen MR) is 101 cm³/mol. The SMILES string of the molecule is COC(=O)COC1=CC=CN2C1=C(OC)C1SC=C(c3ccccc3)C12. The van der Waals surface area contributed by atoms with Crippen LogP contribution in [0.25, 0.3) is 5.57 Å². The highest BCUT2D eigenvalue weighted by Gasteiger charge is 2.48. The highest BCUT2D eigenvalue weighted by molar-refractivity contribution is 8.03. The lowest BCUT2D eigenvalue weighted by Gasteiger charge is -2.29. The lowest BCUT2D eigenvalue weighted by Crippen LogP contribution is -2.32. The number of carbonyl (C=O) groups is 1. The molecule has 0 bridgehead atoms. The van der Waals surface area contributed by atoms with Crippen LogP contribution in [0.5, 0.6) is 0 Å². The van der Waals surface area contributed by atoms with Gasteiger partial charge in [0.1, 0.15) is 17.2 Å². The van der Waals surface area contributed by atoms with Gasteiger partial charge in [-0.05, 0) is 28.7 Å². The van der Waals surface area contributed by atoms with Crippen LogP contribution < -0.4 is 0 Å². The molecule has 134 valence electrons. The molecule has 0 spiro atoms. The molecule has 1 aromatic rings. The largest absolute Gasteiger partial charge is 0.497 e. The number of carbonyl (C=O) groups excluding carboxylic acids is 1. The molecule has 0 radical (unpaired) electrons. The van der Waals surface area contributed by atoms with E-state index in [1.807, 2.05) is 36.6 Å². The van der Waals surface area contributed by atoms with Crippen molar-refractivity contribution in [1.29, 1.82) is 0 Å². The van der Waals surface area contributed by atoms with E-state index in [0.717, 1.165) is 11.5 Å². The second-order valence-corrected chi connectivity index (χ2v) is 7.02. The Bertz CT molecular complexity index is 841. The molecular formula is C20H19NO4S. The Morgan fingerprint density at radius 2 is 2.04 bits per heavy atom. The molecule has 0 N–H and O–H groups in total. The van der Waals surface area contributed by atoms with Crippen molar-refractivity contribution in [2.75, 3.05) is 20.8 Å². The fourth-order valence-electron chi connectivity index (χ4n) is 3.47. The van der Waals surface area contributed by atoms with Crippen molar-refractivity contribution in [3.05, 3.63) is 76.9 Å². The molecule has 6 heteroatoms. The zero-order valence-corrected chi connectivity index (χ0v) is 15.4. The van der Waals surface area contributed by atoms with E-state index < -0.39 is 5.97 Å². The highest BCUT2D eigenvalue weighted by Crippen LogP contribution is 2.51. The topological polar surface area (TPSA) is 48.0 Å². The number of hydrogen-bond acceptors (Lipinski definition) is 6. The average Bonchev–Trinajstić information content (AvgIpc) is 3.25. The Hall–Kier alpha value is -2.60. The third-order valence-electron chi connectivity index (χ3n) is 4.62. The van der Waals surface area contributed by atoms with Gasteiger partial charge in [0.05, 0.1) is 25.5 Å². The monoisotopic (exact) mass is 369 g/mol. The van der Waals surface area contributed by atoms with E-state index in [4.69, 9.17) is 9.47 Å². The van der Waals surface area contributed by atoms with E-state index in [0.29, 0.717) is 5.76 Å². The van der Waals surface area contributed by atoms with Crippen molar-refractivity contribution in [3.8, 4) is 0 Å².